The molecule has 2 unspecified atom stereocenters. The predicted octanol–water partition coefficient (Wildman–Crippen LogP) is 0.569. The third kappa shape index (κ3) is 4.98. The highest BCUT2D eigenvalue weighted by Gasteiger charge is 2.22. The van der Waals surface area contributed by atoms with E-state index in [1.807, 2.05) is 6.07 Å². The highest BCUT2D eigenvalue weighted by atomic mass is 16.5. The number of carbonyl (C=O) groups excluding carboxylic acids is 1. The number of benzene rings is 1. The molecular formula is C14H20O5. The van der Waals surface area contributed by atoms with Crippen molar-refractivity contribution in [2.75, 3.05) is 13.2 Å². The molecular weight excluding hydrogens is 248 g/mol. The summed E-state index contributed by atoms with van der Waals surface area (Å²) < 4.78 is 4.72. The molecule has 0 aliphatic heterocycles. The molecule has 0 saturated carbocycles. The molecule has 1 aromatic rings. The van der Waals surface area contributed by atoms with Crippen molar-refractivity contribution >= 4 is 5.97 Å². The second-order valence-corrected chi connectivity index (χ2v) is 4.24. The standard InChI is InChI=1S/C14H20O5/c1-2-19-13(17)9-12(16)14(18)11-5-3-4-10(8-11)6-7-15/h3-5,8,12,14-16,18H,2,6-7,9H2,1H3. The SMILES string of the molecule is CCOC(=O)CC(O)C(O)c1cccc(CCO)c1. The Bertz CT molecular complexity index is 405. The molecule has 0 fully saturated rings. The largest absolute Gasteiger partial charge is 0.466 e. The average molecular weight is 268 g/mol. The zero-order valence-electron chi connectivity index (χ0n) is 11.0. The number of esters is 1. The third-order valence-electron chi connectivity index (χ3n) is 2.74. The molecule has 0 radical (unpaired) electrons. The summed E-state index contributed by atoms with van der Waals surface area (Å²) >= 11 is 0. The molecule has 0 aliphatic carbocycles. The van der Waals surface area contributed by atoms with Gasteiger partial charge in [0.05, 0.1) is 19.1 Å². The van der Waals surface area contributed by atoms with Crippen LogP contribution in [-0.4, -0.2) is 40.6 Å². The fourth-order valence-electron chi connectivity index (χ4n) is 1.79. The summed E-state index contributed by atoms with van der Waals surface area (Å²) in [5.74, 6) is -0.541. The molecule has 0 spiro atoms. The van der Waals surface area contributed by atoms with E-state index >= 15 is 0 Å². The Labute approximate surface area is 112 Å². The van der Waals surface area contributed by atoms with Gasteiger partial charge in [-0.05, 0) is 24.5 Å². The van der Waals surface area contributed by atoms with Crippen molar-refractivity contribution in [1.82, 2.24) is 0 Å². The molecule has 19 heavy (non-hydrogen) atoms. The van der Waals surface area contributed by atoms with E-state index in [1.54, 1.807) is 25.1 Å². The Morgan fingerprint density at radius 1 is 1.37 bits per heavy atom. The molecule has 0 aliphatic rings. The normalized spacial score (nSPS) is 13.9. The number of hydrogen-bond acceptors (Lipinski definition) is 5. The van der Waals surface area contributed by atoms with Gasteiger partial charge in [-0.3, -0.25) is 4.79 Å². The molecule has 0 amide bonds. The molecule has 1 aromatic carbocycles. The second kappa shape index (κ2) is 7.89. The lowest BCUT2D eigenvalue weighted by Crippen LogP contribution is -2.23. The lowest BCUT2D eigenvalue weighted by Gasteiger charge is -2.18. The Kier molecular flexibility index (Phi) is 6.49. The van der Waals surface area contributed by atoms with E-state index in [4.69, 9.17) is 9.84 Å². The Morgan fingerprint density at radius 2 is 2.11 bits per heavy atom. The van der Waals surface area contributed by atoms with Gasteiger partial charge >= 0.3 is 5.97 Å². The predicted molar refractivity (Wildman–Crippen MR) is 69.4 cm³/mol. The van der Waals surface area contributed by atoms with E-state index in [-0.39, 0.29) is 19.6 Å². The minimum absolute atomic E-state index is 0.0188. The molecule has 3 N–H and O–H groups in total. The van der Waals surface area contributed by atoms with Gasteiger partial charge in [-0.25, -0.2) is 0 Å². The van der Waals surface area contributed by atoms with Crippen LogP contribution in [-0.2, 0) is 16.0 Å². The zero-order valence-corrected chi connectivity index (χ0v) is 11.0. The maximum atomic E-state index is 11.2. The maximum Gasteiger partial charge on any atom is 0.308 e. The molecule has 2 atom stereocenters. The van der Waals surface area contributed by atoms with Gasteiger partial charge in [-0.1, -0.05) is 24.3 Å². The van der Waals surface area contributed by atoms with Gasteiger partial charge in [0.1, 0.15) is 6.10 Å². The molecule has 0 bridgehead atoms. The molecule has 0 saturated heterocycles. The molecule has 1 rings (SSSR count). The van der Waals surface area contributed by atoms with Gasteiger partial charge < -0.3 is 20.1 Å². The van der Waals surface area contributed by atoms with Gasteiger partial charge in [0, 0.05) is 6.61 Å². The quantitative estimate of drug-likeness (QED) is 0.629. The fourth-order valence-corrected chi connectivity index (χ4v) is 1.79. The first kappa shape index (κ1) is 15.6. The summed E-state index contributed by atoms with van der Waals surface area (Å²) in [5.41, 5.74) is 1.38. The summed E-state index contributed by atoms with van der Waals surface area (Å²) in [6.45, 7) is 1.94. The van der Waals surface area contributed by atoms with Crippen LogP contribution in [0.15, 0.2) is 24.3 Å². The smallest absolute Gasteiger partial charge is 0.308 e. The van der Waals surface area contributed by atoms with Crippen LogP contribution in [0.3, 0.4) is 0 Å². The molecule has 5 nitrogen and oxygen atoms in total. The van der Waals surface area contributed by atoms with Crippen molar-refractivity contribution in [2.45, 2.75) is 32.0 Å². The Balaban J connectivity index is 2.67. The highest BCUT2D eigenvalue weighted by molar-refractivity contribution is 5.70. The van der Waals surface area contributed by atoms with Crippen molar-refractivity contribution in [3.8, 4) is 0 Å². The monoisotopic (exact) mass is 268 g/mol. The lowest BCUT2D eigenvalue weighted by molar-refractivity contribution is -0.147. The highest BCUT2D eigenvalue weighted by Crippen LogP contribution is 2.20. The number of aliphatic hydroxyl groups excluding tert-OH is 3. The lowest BCUT2D eigenvalue weighted by atomic mass is 9.99. The van der Waals surface area contributed by atoms with Crippen LogP contribution in [0.25, 0.3) is 0 Å². The van der Waals surface area contributed by atoms with Crippen LogP contribution in [0.4, 0.5) is 0 Å². The van der Waals surface area contributed by atoms with Gasteiger partial charge in [0.25, 0.3) is 0 Å². The topological polar surface area (TPSA) is 87.0 Å². The van der Waals surface area contributed by atoms with E-state index in [0.29, 0.717) is 12.0 Å². The third-order valence-corrected chi connectivity index (χ3v) is 2.74. The van der Waals surface area contributed by atoms with E-state index in [2.05, 4.69) is 0 Å². The van der Waals surface area contributed by atoms with Crippen LogP contribution >= 0.6 is 0 Å². The van der Waals surface area contributed by atoms with Gasteiger partial charge in [0.15, 0.2) is 0 Å². The number of aliphatic hydroxyl groups is 3. The van der Waals surface area contributed by atoms with Crippen LogP contribution < -0.4 is 0 Å². The first-order valence-corrected chi connectivity index (χ1v) is 6.30. The summed E-state index contributed by atoms with van der Waals surface area (Å²) in [4.78, 5) is 11.2. The number of carbonyl (C=O) groups is 1. The van der Waals surface area contributed by atoms with E-state index < -0.39 is 18.2 Å². The first-order valence-electron chi connectivity index (χ1n) is 6.30. The summed E-state index contributed by atoms with van der Waals surface area (Å²) in [7, 11) is 0. The van der Waals surface area contributed by atoms with E-state index in [9.17, 15) is 15.0 Å². The van der Waals surface area contributed by atoms with Gasteiger partial charge in [-0.15, -0.1) is 0 Å². The molecule has 0 aromatic heterocycles. The number of ether oxygens (including phenoxy) is 1. The first-order chi connectivity index (χ1) is 9.08. The minimum Gasteiger partial charge on any atom is -0.466 e. The summed E-state index contributed by atoms with van der Waals surface area (Å²) in [5, 5.41) is 28.6. The van der Waals surface area contributed by atoms with Crippen molar-refractivity contribution in [3.05, 3.63) is 35.4 Å². The Hall–Kier alpha value is -1.43. The minimum atomic E-state index is -1.21. The molecule has 0 heterocycles. The Morgan fingerprint density at radius 3 is 2.74 bits per heavy atom. The van der Waals surface area contributed by atoms with Crippen LogP contribution in [0, 0.1) is 0 Å². The van der Waals surface area contributed by atoms with Crippen molar-refractivity contribution in [1.29, 1.82) is 0 Å². The fraction of sp³-hybridized carbons (Fsp3) is 0.500. The van der Waals surface area contributed by atoms with Crippen LogP contribution in [0.1, 0.15) is 30.6 Å². The maximum absolute atomic E-state index is 11.2. The summed E-state index contributed by atoms with van der Waals surface area (Å²) in [6, 6.07) is 6.93. The van der Waals surface area contributed by atoms with Crippen molar-refractivity contribution < 1.29 is 24.9 Å². The number of rotatable bonds is 7. The van der Waals surface area contributed by atoms with Crippen molar-refractivity contribution in [2.24, 2.45) is 0 Å². The number of hydrogen-bond donors (Lipinski definition) is 3. The van der Waals surface area contributed by atoms with Crippen molar-refractivity contribution in [3.63, 3.8) is 0 Å². The van der Waals surface area contributed by atoms with Crippen LogP contribution in [0.2, 0.25) is 0 Å². The summed E-state index contributed by atoms with van der Waals surface area (Å²) in [6.07, 6.45) is -2.13. The molecule has 106 valence electrons. The zero-order chi connectivity index (χ0) is 14.3. The van der Waals surface area contributed by atoms with Gasteiger partial charge in [0.2, 0.25) is 0 Å². The molecule has 5 heteroatoms. The van der Waals surface area contributed by atoms with E-state index in [0.717, 1.165) is 5.56 Å². The van der Waals surface area contributed by atoms with Gasteiger partial charge in [-0.2, -0.15) is 0 Å². The second-order valence-electron chi connectivity index (χ2n) is 4.24. The van der Waals surface area contributed by atoms with E-state index in [1.165, 1.54) is 0 Å². The van der Waals surface area contributed by atoms with Crippen LogP contribution in [0.5, 0.6) is 0 Å². The average Bonchev–Trinajstić information content (AvgIpc) is 2.38.